The minimum absolute atomic E-state index is 0.351. The Morgan fingerprint density at radius 1 is 0.893 bits per heavy atom. The average molecular weight is 388 g/mol. The third kappa shape index (κ3) is 5.49. The zero-order valence-electron chi connectivity index (χ0n) is 14.9. The first-order chi connectivity index (χ1) is 13.2. The summed E-state index contributed by atoms with van der Waals surface area (Å²) in [5.41, 5.74) is 4.42. The Kier molecular flexibility index (Phi) is 6.22. The molecule has 0 heterocycles. The quantitative estimate of drug-likeness (QED) is 0.566. The zero-order chi connectivity index (χ0) is 20.8. The van der Waals surface area contributed by atoms with E-state index in [-0.39, 0.29) is 5.56 Å². The monoisotopic (exact) mass is 388 g/mol. The topological polar surface area (TPSA) is 154 Å². The molecule has 2 rings (SSSR count). The maximum absolute atomic E-state index is 12.1. The summed E-state index contributed by atoms with van der Waals surface area (Å²) in [4.78, 5) is 43.8. The molecule has 0 spiro atoms. The molecule has 0 saturated heterocycles. The van der Waals surface area contributed by atoms with Gasteiger partial charge in [-0.25, -0.2) is 0 Å². The number of hydrazine groups is 1. The van der Waals surface area contributed by atoms with Crippen LogP contribution in [0.25, 0.3) is 0 Å². The van der Waals surface area contributed by atoms with E-state index in [1.54, 1.807) is 12.1 Å². The Bertz CT molecular complexity index is 906. The standard InChI is InChI=1S/C17H16N4O7/c1-10-3-11(2)5-15(4-10)28-9-16(22)18-19-17(23)12-6-13(20(24)25)8-14(7-12)21(26)27/h3-8H,9H2,1-2H3,(H,18,22)(H,19,23). The lowest BCUT2D eigenvalue weighted by atomic mass is 10.1. The number of amides is 2. The Balaban J connectivity index is 1.98. The highest BCUT2D eigenvalue weighted by molar-refractivity contribution is 5.96. The van der Waals surface area contributed by atoms with Crippen LogP contribution in [0.5, 0.6) is 5.75 Å². The molecule has 0 bridgehead atoms. The number of non-ortho nitro benzene ring substituents is 2. The van der Waals surface area contributed by atoms with Crippen molar-refractivity contribution in [3.8, 4) is 5.75 Å². The third-order valence-corrected chi connectivity index (χ3v) is 3.47. The third-order valence-electron chi connectivity index (χ3n) is 3.47. The fourth-order valence-corrected chi connectivity index (χ4v) is 2.34. The molecule has 0 aromatic heterocycles. The largest absolute Gasteiger partial charge is 0.484 e. The van der Waals surface area contributed by atoms with Gasteiger partial charge in [-0.2, -0.15) is 0 Å². The first-order valence-electron chi connectivity index (χ1n) is 7.90. The summed E-state index contributed by atoms with van der Waals surface area (Å²) in [6, 6.07) is 7.86. The smallest absolute Gasteiger partial charge is 0.277 e. The fraction of sp³-hybridized carbons (Fsp3) is 0.176. The van der Waals surface area contributed by atoms with Crippen LogP contribution in [0.3, 0.4) is 0 Å². The van der Waals surface area contributed by atoms with Gasteiger partial charge < -0.3 is 4.74 Å². The molecule has 2 N–H and O–H groups in total. The molecule has 0 fully saturated rings. The van der Waals surface area contributed by atoms with Crippen molar-refractivity contribution in [2.75, 3.05) is 6.61 Å². The van der Waals surface area contributed by atoms with Gasteiger partial charge in [0.1, 0.15) is 5.75 Å². The van der Waals surface area contributed by atoms with Crippen LogP contribution in [0.15, 0.2) is 36.4 Å². The number of rotatable bonds is 6. The molecule has 0 aliphatic heterocycles. The highest BCUT2D eigenvalue weighted by atomic mass is 16.6. The lowest BCUT2D eigenvalue weighted by molar-refractivity contribution is -0.394. The van der Waals surface area contributed by atoms with Crippen molar-refractivity contribution in [1.29, 1.82) is 0 Å². The number of nitro groups is 2. The number of carbonyl (C=O) groups is 2. The van der Waals surface area contributed by atoms with E-state index in [0.717, 1.165) is 29.3 Å². The van der Waals surface area contributed by atoms with Crippen LogP contribution < -0.4 is 15.6 Å². The van der Waals surface area contributed by atoms with Crippen molar-refractivity contribution in [2.24, 2.45) is 0 Å². The first kappa shape index (κ1) is 20.3. The highest BCUT2D eigenvalue weighted by Crippen LogP contribution is 2.22. The minimum Gasteiger partial charge on any atom is -0.484 e. The minimum atomic E-state index is -0.952. The van der Waals surface area contributed by atoms with Gasteiger partial charge in [0.25, 0.3) is 23.2 Å². The highest BCUT2D eigenvalue weighted by Gasteiger charge is 2.20. The van der Waals surface area contributed by atoms with Gasteiger partial charge in [0, 0.05) is 12.1 Å². The van der Waals surface area contributed by atoms with Gasteiger partial charge in [-0.3, -0.25) is 40.7 Å². The number of nitro benzene ring substituents is 2. The predicted octanol–water partition coefficient (Wildman–Crippen LogP) is 1.96. The number of benzene rings is 2. The number of nitrogens with zero attached hydrogens (tertiary/aromatic N) is 2. The normalized spacial score (nSPS) is 10.1. The van der Waals surface area contributed by atoms with Gasteiger partial charge in [0.15, 0.2) is 6.61 Å². The molecule has 0 aliphatic rings. The Labute approximate surface area is 158 Å². The zero-order valence-corrected chi connectivity index (χ0v) is 14.9. The maximum Gasteiger partial charge on any atom is 0.277 e. The van der Waals surface area contributed by atoms with E-state index >= 15 is 0 Å². The van der Waals surface area contributed by atoms with E-state index in [1.807, 2.05) is 25.3 Å². The van der Waals surface area contributed by atoms with Crippen LogP contribution in [0.2, 0.25) is 0 Å². The molecule has 0 unspecified atom stereocenters. The lowest BCUT2D eigenvalue weighted by Crippen LogP contribution is -2.43. The van der Waals surface area contributed by atoms with Crippen molar-refractivity contribution in [3.63, 3.8) is 0 Å². The molecule has 146 valence electrons. The van der Waals surface area contributed by atoms with E-state index in [1.165, 1.54) is 0 Å². The van der Waals surface area contributed by atoms with E-state index in [2.05, 4.69) is 5.43 Å². The van der Waals surface area contributed by atoms with E-state index < -0.39 is 39.6 Å². The molecular weight excluding hydrogens is 372 g/mol. The van der Waals surface area contributed by atoms with Crippen LogP contribution in [0, 0.1) is 34.1 Å². The number of nitrogens with one attached hydrogen (secondary N) is 2. The Morgan fingerprint density at radius 3 is 1.93 bits per heavy atom. The summed E-state index contributed by atoms with van der Waals surface area (Å²) < 4.78 is 5.33. The van der Waals surface area contributed by atoms with Crippen molar-refractivity contribution in [2.45, 2.75) is 13.8 Å². The number of hydrogen-bond donors (Lipinski definition) is 2. The van der Waals surface area contributed by atoms with Crippen molar-refractivity contribution >= 4 is 23.2 Å². The lowest BCUT2D eigenvalue weighted by Gasteiger charge is -2.10. The van der Waals surface area contributed by atoms with Crippen LogP contribution in [-0.4, -0.2) is 28.3 Å². The molecule has 11 nitrogen and oxygen atoms in total. The van der Waals surface area contributed by atoms with Crippen LogP contribution >= 0.6 is 0 Å². The predicted molar refractivity (Wildman–Crippen MR) is 96.8 cm³/mol. The SMILES string of the molecule is Cc1cc(C)cc(OCC(=O)NNC(=O)c2cc([N+](=O)[O-])cc([N+](=O)[O-])c2)c1. The molecule has 0 atom stereocenters. The average Bonchev–Trinajstić information content (AvgIpc) is 2.63. The van der Waals surface area contributed by atoms with Crippen molar-refractivity contribution in [3.05, 3.63) is 73.3 Å². The second-order valence-corrected chi connectivity index (χ2v) is 5.87. The van der Waals surface area contributed by atoms with Crippen molar-refractivity contribution in [1.82, 2.24) is 10.9 Å². The number of aryl methyl sites for hydroxylation is 2. The second kappa shape index (κ2) is 8.58. The molecule has 2 aromatic carbocycles. The Hall–Kier alpha value is -4.02. The van der Waals surface area contributed by atoms with Crippen LogP contribution in [-0.2, 0) is 4.79 Å². The van der Waals surface area contributed by atoms with E-state index in [9.17, 15) is 29.8 Å². The molecule has 0 radical (unpaired) electrons. The summed E-state index contributed by atoms with van der Waals surface area (Å²) in [5.74, 6) is -1.16. The van der Waals surface area contributed by atoms with Gasteiger partial charge in [-0.05, 0) is 37.1 Å². The first-order valence-corrected chi connectivity index (χ1v) is 7.90. The Morgan fingerprint density at radius 2 is 1.43 bits per heavy atom. The summed E-state index contributed by atoms with van der Waals surface area (Å²) in [6.45, 7) is 3.36. The van der Waals surface area contributed by atoms with Crippen LogP contribution in [0.1, 0.15) is 21.5 Å². The van der Waals surface area contributed by atoms with Gasteiger partial charge in [0.2, 0.25) is 0 Å². The molecule has 2 amide bonds. The molecule has 2 aromatic rings. The summed E-state index contributed by atoms with van der Waals surface area (Å²) in [7, 11) is 0. The van der Waals surface area contributed by atoms with Gasteiger partial charge in [0.05, 0.1) is 21.5 Å². The molecule has 11 heteroatoms. The summed E-state index contributed by atoms with van der Waals surface area (Å²) >= 11 is 0. The molecule has 0 saturated carbocycles. The number of ether oxygens (including phenoxy) is 1. The van der Waals surface area contributed by atoms with Gasteiger partial charge in [-0.1, -0.05) is 6.07 Å². The fourth-order valence-electron chi connectivity index (χ4n) is 2.34. The number of carbonyl (C=O) groups excluding carboxylic acids is 2. The molecule has 0 aliphatic carbocycles. The van der Waals surface area contributed by atoms with E-state index in [4.69, 9.17) is 4.74 Å². The van der Waals surface area contributed by atoms with Crippen molar-refractivity contribution < 1.29 is 24.2 Å². The van der Waals surface area contributed by atoms with E-state index in [0.29, 0.717) is 5.75 Å². The summed E-state index contributed by atoms with van der Waals surface area (Å²) in [6.07, 6.45) is 0. The second-order valence-electron chi connectivity index (χ2n) is 5.87. The van der Waals surface area contributed by atoms with Crippen LogP contribution in [0.4, 0.5) is 11.4 Å². The summed E-state index contributed by atoms with van der Waals surface area (Å²) in [5, 5.41) is 21.7. The maximum atomic E-state index is 12.1. The van der Waals surface area contributed by atoms with Gasteiger partial charge in [-0.15, -0.1) is 0 Å². The molecular formula is C17H16N4O7. The number of hydrogen-bond acceptors (Lipinski definition) is 7. The van der Waals surface area contributed by atoms with Gasteiger partial charge >= 0.3 is 0 Å². The molecule has 28 heavy (non-hydrogen) atoms.